The molecule has 1 aromatic carbocycles. The van der Waals surface area contributed by atoms with E-state index in [1.807, 2.05) is 6.92 Å². The molecule has 0 amide bonds. The van der Waals surface area contributed by atoms with E-state index in [2.05, 4.69) is 10.0 Å². The summed E-state index contributed by atoms with van der Waals surface area (Å²) in [4.78, 5) is 0.239. The Bertz CT molecular complexity index is 526. The van der Waals surface area contributed by atoms with Crippen LogP contribution in [-0.2, 0) is 20.8 Å². The summed E-state index contributed by atoms with van der Waals surface area (Å²) in [6, 6.07) is 6.54. The van der Waals surface area contributed by atoms with Gasteiger partial charge in [-0.3, -0.25) is 4.21 Å². The fourth-order valence-electron chi connectivity index (χ4n) is 1.46. The van der Waals surface area contributed by atoms with Crippen LogP contribution in [0.4, 0.5) is 5.69 Å². The predicted molar refractivity (Wildman–Crippen MR) is 79.3 cm³/mol. The number of benzene rings is 1. The van der Waals surface area contributed by atoms with E-state index in [9.17, 15) is 12.6 Å². The lowest BCUT2D eigenvalue weighted by Crippen LogP contribution is -2.18. The second-order valence-corrected chi connectivity index (χ2v) is 7.95. The molecule has 1 rings (SSSR count). The third kappa shape index (κ3) is 4.93. The van der Waals surface area contributed by atoms with Crippen molar-refractivity contribution >= 4 is 26.5 Å². The first-order chi connectivity index (χ1) is 8.86. The van der Waals surface area contributed by atoms with Crippen LogP contribution in [0.2, 0.25) is 0 Å². The smallest absolute Gasteiger partial charge is 0.240 e. The zero-order valence-electron chi connectivity index (χ0n) is 11.3. The second kappa shape index (κ2) is 7.02. The summed E-state index contributed by atoms with van der Waals surface area (Å²) in [5.74, 6) is 0. The third-order valence-corrected chi connectivity index (χ3v) is 5.68. The molecule has 5 nitrogen and oxygen atoms in total. The molecule has 0 fully saturated rings. The first-order valence-corrected chi connectivity index (χ1v) is 9.07. The highest BCUT2D eigenvalue weighted by molar-refractivity contribution is 7.89. The van der Waals surface area contributed by atoms with E-state index < -0.39 is 20.8 Å². The number of hydrogen-bond donors (Lipinski definition) is 2. The largest absolute Gasteiger partial charge is 0.385 e. The highest BCUT2D eigenvalue weighted by atomic mass is 32.2. The van der Waals surface area contributed by atoms with Gasteiger partial charge in [-0.25, -0.2) is 13.1 Å². The van der Waals surface area contributed by atoms with Crippen molar-refractivity contribution < 1.29 is 12.6 Å². The monoisotopic (exact) mass is 304 g/mol. The van der Waals surface area contributed by atoms with E-state index in [1.54, 1.807) is 30.5 Å². The van der Waals surface area contributed by atoms with Crippen molar-refractivity contribution in [1.29, 1.82) is 0 Å². The highest BCUT2D eigenvalue weighted by Gasteiger charge is 2.10. The maximum absolute atomic E-state index is 11.5. The Morgan fingerprint density at radius 3 is 2.32 bits per heavy atom. The van der Waals surface area contributed by atoms with Gasteiger partial charge >= 0.3 is 0 Å². The van der Waals surface area contributed by atoms with Crippen molar-refractivity contribution in [1.82, 2.24) is 4.72 Å². The summed E-state index contributed by atoms with van der Waals surface area (Å²) < 4.78 is 36.5. The Hall–Kier alpha value is -0.920. The van der Waals surface area contributed by atoms with Gasteiger partial charge in [0.15, 0.2) is 0 Å². The molecule has 1 aromatic rings. The summed E-state index contributed by atoms with van der Waals surface area (Å²) in [6.45, 7) is 2.65. The summed E-state index contributed by atoms with van der Waals surface area (Å²) in [6.07, 6.45) is 2.50. The normalized spacial score (nSPS) is 14.9. The SMILES string of the molecule is CNS(=O)(=O)c1ccc(NCCC(C)S(C)=O)cc1. The molecule has 7 heteroatoms. The van der Waals surface area contributed by atoms with Gasteiger partial charge < -0.3 is 5.32 Å². The maximum Gasteiger partial charge on any atom is 0.240 e. The molecule has 0 radical (unpaired) electrons. The quantitative estimate of drug-likeness (QED) is 0.793. The molecular weight excluding hydrogens is 284 g/mol. The van der Waals surface area contributed by atoms with Gasteiger partial charge in [0, 0.05) is 34.5 Å². The van der Waals surface area contributed by atoms with Gasteiger partial charge in [0.05, 0.1) is 4.90 Å². The lowest BCUT2D eigenvalue weighted by molar-refractivity contribution is 0.588. The molecule has 0 spiro atoms. The van der Waals surface area contributed by atoms with Crippen LogP contribution < -0.4 is 10.0 Å². The molecule has 0 heterocycles. The van der Waals surface area contributed by atoms with E-state index in [0.29, 0.717) is 6.54 Å². The molecule has 19 heavy (non-hydrogen) atoms. The summed E-state index contributed by atoms with van der Waals surface area (Å²) in [7, 11) is -2.81. The van der Waals surface area contributed by atoms with E-state index in [-0.39, 0.29) is 10.1 Å². The fraction of sp³-hybridized carbons (Fsp3) is 0.500. The van der Waals surface area contributed by atoms with Crippen molar-refractivity contribution in [3.05, 3.63) is 24.3 Å². The molecule has 2 atom stereocenters. The lowest BCUT2D eigenvalue weighted by Gasteiger charge is -2.10. The van der Waals surface area contributed by atoms with Crippen LogP contribution in [0.1, 0.15) is 13.3 Å². The molecule has 0 saturated carbocycles. The molecule has 2 unspecified atom stereocenters. The number of rotatable bonds is 7. The van der Waals surface area contributed by atoms with E-state index in [1.165, 1.54) is 7.05 Å². The summed E-state index contributed by atoms with van der Waals surface area (Å²) in [5, 5.41) is 3.33. The molecule has 0 aliphatic heterocycles. The van der Waals surface area contributed by atoms with E-state index >= 15 is 0 Å². The van der Waals surface area contributed by atoms with Crippen molar-refractivity contribution in [3.8, 4) is 0 Å². The fourth-order valence-corrected chi connectivity index (χ4v) is 2.64. The molecule has 0 aliphatic rings. The second-order valence-electron chi connectivity index (χ2n) is 4.26. The maximum atomic E-state index is 11.5. The van der Waals surface area contributed by atoms with Crippen molar-refractivity contribution in [2.24, 2.45) is 0 Å². The Morgan fingerprint density at radius 2 is 1.84 bits per heavy atom. The molecule has 0 saturated heterocycles. The van der Waals surface area contributed by atoms with Crippen LogP contribution in [-0.4, -0.2) is 37.7 Å². The standard InChI is InChI=1S/C12H20N2O3S2/c1-10(18(3)15)8-9-14-11-4-6-12(7-5-11)19(16,17)13-2/h4-7,10,13-14H,8-9H2,1-3H3. The highest BCUT2D eigenvalue weighted by Crippen LogP contribution is 2.13. The summed E-state index contributed by atoms with van der Waals surface area (Å²) in [5.41, 5.74) is 0.851. The van der Waals surface area contributed by atoms with Gasteiger partial charge in [-0.15, -0.1) is 0 Å². The zero-order valence-corrected chi connectivity index (χ0v) is 13.0. The van der Waals surface area contributed by atoms with Gasteiger partial charge in [0.2, 0.25) is 10.0 Å². The van der Waals surface area contributed by atoms with Gasteiger partial charge in [0.1, 0.15) is 0 Å². The van der Waals surface area contributed by atoms with Gasteiger partial charge in [-0.05, 0) is 37.7 Å². The molecule has 2 N–H and O–H groups in total. The average molecular weight is 304 g/mol. The van der Waals surface area contributed by atoms with Crippen LogP contribution in [0.5, 0.6) is 0 Å². The van der Waals surface area contributed by atoms with Crippen LogP contribution in [0, 0.1) is 0 Å². The van der Waals surface area contributed by atoms with E-state index in [0.717, 1.165) is 12.1 Å². The summed E-state index contributed by atoms with van der Waals surface area (Å²) >= 11 is 0. The molecule has 0 aliphatic carbocycles. The topological polar surface area (TPSA) is 75.3 Å². The Labute approximate surface area is 117 Å². The van der Waals surface area contributed by atoms with Gasteiger partial charge in [-0.2, -0.15) is 0 Å². The number of hydrogen-bond acceptors (Lipinski definition) is 4. The van der Waals surface area contributed by atoms with Crippen LogP contribution >= 0.6 is 0 Å². The average Bonchev–Trinajstić information content (AvgIpc) is 2.39. The Morgan fingerprint density at radius 1 is 1.26 bits per heavy atom. The van der Waals surface area contributed by atoms with Crippen LogP contribution in [0.15, 0.2) is 29.2 Å². The van der Waals surface area contributed by atoms with Crippen LogP contribution in [0.25, 0.3) is 0 Å². The minimum absolute atomic E-state index is 0.149. The molecule has 0 bridgehead atoms. The first kappa shape index (κ1) is 16.1. The predicted octanol–water partition coefficient (Wildman–Crippen LogP) is 1.16. The molecule has 0 aromatic heterocycles. The van der Waals surface area contributed by atoms with Crippen molar-refractivity contribution in [2.45, 2.75) is 23.5 Å². The minimum Gasteiger partial charge on any atom is -0.385 e. The first-order valence-electron chi connectivity index (χ1n) is 5.96. The molecular formula is C12H20N2O3S2. The lowest BCUT2D eigenvalue weighted by atomic mass is 10.3. The van der Waals surface area contributed by atoms with Gasteiger partial charge in [-0.1, -0.05) is 6.92 Å². The van der Waals surface area contributed by atoms with Gasteiger partial charge in [0.25, 0.3) is 0 Å². The minimum atomic E-state index is -3.38. The van der Waals surface area contributed by atoms with Crippen molar-refractivity contribution in [3.63, 3.8) is 0 Å². The zero-order chi connectivity index (χ0) is 14.5. The number of nitrogens with one attached hydrogen (secondary N) is 2. The number of sulfonamides is 1. The van der Waals surface area contributed by atoms with Crippen molar-refractivity contribution in [2.75, 3.05) is 25.2 Å². The molecule has 108 valence electrons. The Balaban J connectivity index is 2.56. The number of anilines is 1. The Kier molecular flexibility index (Phi) is 5.96. The van der Waals surface area contributed by atoms with Crippen LogP contribution in [0.3, 0.4) is 0 Å². The third-order valence-electron chi connectivity index (χ3n) is 2.88. The van der Waals surface area contributed by atoms with E-state index in [4.69, 9.17) is 0 Å².